The molecule has 3 aromatic rings. The normalized spacial score (nSPS) is 13.9. The molecular formula is C20H22N4O4. The van der Waals surface area contributed by atoms with E-state index in [9.17, 15) is 14.7 Å². The number of fused-ring (bicyclic) bond motifs is 1. The van der Waals surface area contributed by atoms with E-state index in [-0.39, 0.29) is 18.0 Å². The Kier molecular flexibility index (Phi) is 4.21. The lowest BCUT2D eigenvalue weighted by atomic mass is 10.1. The lowest BCUT2D eigenvalue weighted by Crippen LogP contribution is -2.26. The van der Waals surface area contributed by atoms with Crippen LogP contribution in [-0.2, 0) is 13.6 Å². The summed E-state index contributed by atoms with van der Waals surface area (Å²) in [4.78, 5) is 30.7. The number of carbonyl (C=O) groups is 2. The third-order valence-electron chi connectivity index (χ3n) is 5.15. The summed E-state index contributed by atoms with van der Waals surface area (Å²) in [5.41, 5.74) is 3.07. The van der Waals surface area contributed by atoms with E-state index >= 15 is 0 Å². The van der Waals surface area contributed by atoms with Crippen LogP contribution in [0.1, 0.15) is 62.4 Å². The Hall–Kier alpha value is -3.16. The molecule has 0 spiro atoms. The fourth-order valence-electron chi connectivity index (χ4n) is 3.57. The quantitative estimate of drug-likeness (QED) is 0.728. The maximum absolute atomic E-state index is 13.2. The topological polar surface area (TPSA) is 101 Å². The minimum absolute atomic E-state index is 0.112. The van der Waals surface area contributed by atoms with Crippen LogP contribution in [0.2, 0.25) is 0 Å². The standard InChI is InChI=1S/C20H22N4O4/c1-10-17-15(8-16(12-5-6-12)21-18(17)24(4)22-10)19(25)23(3)9-13-7-14(20(26)27)11(2)28-13/h7-8,12H,5-6,9H2,1-4H3,(H,26,27). The molecule has 1 aliphatic carbocycles. The van der Waals surface area contributed by atoms with Crippen molar-refractivity contribution in [1.29, 1.82) is 0 Å². The first-order valence-electron chi connectivity index (χ1n) is 9.18. The van der Waals surface area contributed by atoms with Crippen molar-refractivity contribution in [3.8, 4) is 0 Å². The number of furan rings is 1. The Morgan fingerprint density at radius 2 is 2.00 bits per heavy atom. The average Bonchev–Trinajstić information content (AvgIpc) is 3.36. The number of aryl methyl sites for hydroxylation is 3. The van der Waals surface area contributed by atoms with Crippen LogP contribution in [0.15, 0.2) is 16.5 Å². The van der Waals surface area contributed by atoms with Gasteiger partial charge in [-0.1, -0.05) is 0 Å². The summed E-state index contributed by atoms with van der Waals surface area (Å²) in [5.74, 6) is -0.0498. The van der Waals surface area contributed by atoms with Gasteiger partial charge in [0.1, 0.15) is 17.1 Å². The second-order valence-corrected chi connectivity index (χ2v) is 7.43. The first-order valence-corrected chi connectivity index (χ1v) is 9.18. The van der Waals surface area contributed by atoms with Gasteiger partial charge in [0.25, 0.3) is 5.91 Å². The molecular weight excluding hydrogens is 360 g/mol. The van der Waals surface area contributed by atoms with E-state index in [2.05, 4.69) is 5.10 Å². The highest BCUT2D eigenvalue weighted by Crippen LogP contribution is 2.40. The van der Waals surface area contributed by atoms with Crippen LogP contribution < -0.4 is 0 Å². The molecule has 1 fully saturated rings. The molecule has 3 heterocycles. The van der Waals surface area contributed by atoms with Crippen molar-refractivity contribution < 1.29 is 19.1 Å². The summed E-state index contributed by atoms with van der Waals surface area (Å²) < 4.78 is 7.23. The predicted octanol–water partition coefficient (Wildman–Crippen LogP) is 3.03. The highest BCUT2D eigenvalue weighted by molar-refractivity contribution is 6.06. The highest BCUT2D eigenvalue weighted by atomic mass is 16.4. The number of rotatable bonds is 5. The summed E-state index contributed by atoms with van der Waals surface area (Å²) >= 11 is 0. The maximum Gasteiger partial charge on any atom is 0.339 e. The molecule has 1 N–H and O–H groups in total. The van der Waals surface area contributed by atoms with Crippen LogP contribution in [-0.4, -0.2) is 43.7 Å². The summed E-state index contributed by atoms with van der Waals surface area (Å²) in [6.45, 7) is 3.64. The molecule has 0 unspecified atom stereocenters. The summed E-state index contributed by atoms with van der Waals surface area (Å²) in [7, 11) is 3.51. The number of amides is 1. The van der Waals surface area contributed by atoms with Crippen LogP contribution >= 0.6 is 0 Å². The molecule has 1 amide bonds. The SMILES string of the molecule is Cc1oc(CN(C)C(=O)c2cc(C3CC3)nc3c2c(C)nn3C)cc1C(=O)O. The Bertz CT molecular complexity index is 1110. The molecule has 28 heavy (non-hydrogen) atoms. The largest absolute Gasteiger partial charge is 0.478 e. The van der Waals surface area contributed by atoms with Crippen LogP contribution in [0.3, 0.4) is 0 Å². The van der Waals surface area contributed by atoms with Crippen LogP contribution in [0.4, 0.5) is 0 Å². The van der Waals surface area contributed by atoms with Crippen molar-refractivity contribution in [1.82, 2.24) is 19.7 Å². The number of carboxylic acids is 1. The van der Waals surface area contributed by atoms with Gasteiger partial charge in [0.2, 0.25) is 0 Å². The Balaban J connectivity index is 1.70. The molecule has 8 heteroatoms. The van der Waals surface area contributed by atoms with Gasteiger partial charge in [-0.05, 0) is 38.8 Å². The lowest BCUT2D eigenvalue weighted by molar-refractivity contribution is 0.0694. The number of aromatic nitrogens is 3. The molecule has 3 aromatic heterocycles. The summed E-state index contributed by atoms with van der Waals surface area (Å²) in [5, 5.41) is 14.4. The van der Waals surface area contributed by atoms with Crippen LogP contribution in [0.5, 0.6) is 0 Å². The van der Waals surface area contributed by atoms with Crippen molar-refractivity contribution in [2.75, 3.05) is 7.05 Å². The number of pyridine rings is 1. The molecule has 146 valence electrons. The number of nitrogens with zero attached hydrogens (tertiary/aromatic N) is 4. The van der Waals surface area contributed by atoms with E-state index < -0.39 is 5.97 Å². The van der Waals surface area contributed by atoms with Gasteiger partial charge >= 0.3 is 5.97 Å². The van der Waals surface area contributed by atoms with Crippen molar-refractivity contribution in [3.63, 3.8) is 0 Å². The predicted molar refractivity (Wildman–Crippen MR) is 101 cm³/mol. The van der Waals surface area contributed by atoms with E-state index in [4.69, 9.17) is 9.40 Å². The highest BCUT2D eigenvalue weighted by Gasteiger charge is 2.29. The molecule has 0 atom stereocenters. The van der Waals surface area contributed by atoms with Gasteiger partial charge < -0.3 is 14.4 Å². The van der Waals surface area contributed by atoms with Gasteiger partial charge in [0.15, 0.2) is 5.65 Å². The monoisotopic (exact) mass is 382 g/mol. The minimum Gasteiger partial charge on any atom is -0.478 e. The van der Waals surface area contributed by atoms with Crippen molar-refractivity contribution in [3.05, 3.63) is 46.2 Å². The molecule has 0 saturated heterocycles. The molecule has 0 radical (unpaired) electrons. The number of hydrogen-bond acceptors (Lipinski definition) is 5. The van der Waals surface area contributed by atoms with E-state index in [1.165, 1.54) is 11.0 Å². The zero-order valence-electron chi connectivity index (χ0n) is 16.3. The summed E-state index contributed by atoms with van der Waals surface area (Å²) in [6, 6.07) is 3.35. The van der Waals surface area contributed by atoms with Gasteiger partial charge in [-0.2, -0.15) is 5.10 Å². The first-order chi connectivity index (χ1) is 13.3. The second kappa shape index (κ2) is 6.47. The fourth-order valence-corrected chi connectivity index (χ4v) is 3.57. The third-order valence-corrected chi connectivity index (χ3v) is 5.15. The van der Waals surface area contributed by atoms with Crippen LogP contribution in [0.25, 0.3) is 11.0 Å². The third kappa shape index (κ3) is 3.04. The van der Waals surface area contributed by atoms with E-state index in [1.54, 1.807) is 18.7 Å². The molecule has 4 rings (SSSR count). The van der Waals surface area contributed by atoms with Gasteiger partial charge in [0.05, 0.1) is 23.2 Å². The smallest absolute Gasteiger partial charge is 0.339 e. The van der Waals surface area contributed by atoms with Gasteiger partial charge in [-0.25, -0.2) is 9.78 Å². The maximum atomic E-state index is 13.2. The second-order valence-electron chi connectivity index (χ2n) is 7.43. The number of aromatic carboxylic acids is 1. The number of hydrogen-bond donors (Lipinski definition) is 1. The van der Waals surface area contributed by atoms with Gasteiger partial charge in [-0.15, -0.1) is 0 Å². The molecule has 1 saturated carbocycles. The van der Waals surface area contributed by atoms with E-state index in [0.29, 0.717) is 28.6 Å². The lowest BCUT2D eigenvalue weighted by Gasteiger charge is -2.17. The zero-order valence-corrected chi connectivity index (χ0v) is 16.3. The van der Waals surface area contributed by atoms with Crippen molar-refractivity contribution in [2.24, 2.45) is 7.05 Å². The van der Waals surface area contributed by atoms with Crippen molar-refractivity contribution in [2.45, 2.75) is 39.2 Å². The molecule has 0 aromatic carbocycles. The average molecular weight is 382 g/mol. The van der Waals surface area contributed by atoms with Crippen molar-refractivity contribution >= 4 is 22.9 Å². The molecule has 0 bridgehead atoms. The Morgan fingerprint density at radius 3 is 2.61 bits per heavy atom. The zero-order chi connectivity index (χ0) is 20.2. The van der Waals surface area contributed by atoms with E-state index in [1.807, 2.05) is 20.0 Å². The molecule has 1 aliphatic rings. The fraction of sp³-hybridized carbons (Fsp3) is 0.400. The minimum atomic E-state index is -1.04. The number of carbonyl (C=O) groups excluding carboxylic acids is 1. The van der Waals surface area contributed by atoms with Gasteiger partial charge in [0, 0.05) is 25.7 Å². The van der Waals surface area contributed by atoms with Gasteiger partial charge in [-0.3, -0.25) is 9.48 Å². The Labute approximate surface area is 161 Å². The number of carboxylic acid groups (broad SMARTS) is 1. The summed E-state index contributed by atoms with van der Waals surface area (Å²) in [6.07, 6.45) is 2.17. The molecule has 8 nitrogen and oxygen atoms in total. The first kappa shape index (κ1) is 18.2. The van der Waals surface area contributed by atoms with E-state index in [0.717, 1.165) is 29.6 Å². The molecule has 0 aliphatic heterocycles. The Morgan fingerprint density at radius 1 is 1.29 bits per heavy atom. The van der Waals surface area contributed by atoms with Crippen LogP contribution in [0, 0.1) is 13.8 Å².